The van der Waals surface area contributed by atoms with Gasteiger partial charge in [0.15, 0.2) is 11.6 Å². The number of pyridine rings is 1. The quantitative estimate of drug-likeness (QED) is 0.788. The minimum Gasteiger partial charge on any atom is -0.504 e. The molecule has 6 nitrogen and oxygen atoms in total. The molecule has 114 valence electrons. The number of halogens is 1. The Bertz CT molecular complexity index is 691. The summed E-state index contributed by atoms with van der Waals surface area (Å²) in [6.45, 7) is 0.142. The number of amides is 2. The maximum absolute atomic E-state index is 11.9. The highest BCUT2D eigenvalue weighted by atomic mass is 35.5. The Morgan fingerprint density at radius 1 is 1.18 bits per heavy atom. The number of nitrogens with zero attached hydrogens (tertiary/aromatic N) is 1. The molecule has 0 fully saturated rings. The van der Waals surface area contributed by atoms with Gasteiger partial charge in [0.25, 0.3) is 5.91 Å². The van der Waals surface area contributed by atoms with E-state index in [-0.39, 0.29) is 36.3 Å². The summed E-state index contributed by atoms with van der Waals surface area (Å²) in [6.07, 6.45) is 1.50. The highest BCUT2D eigenvalue weighted by molar-refractivity contribution is 6.33. The lowest BCUT2D eigenvalue weighted by atomic mass is 10.2. The molecule has 0 aliphatic carbocycles. The highest BCUT2D eigenvalue weighted by Gasteiger charge is 2.11. The van der Waals surface area contributed by atoms with Crippen LogP contribution in [0, 0.1) is 0 Å². The summed E-state index contributed by atoms with van der Waals surface area (Å²) in [4.78, 5) is 27.4. The molecule has 7 heteroatoms. The van der Waals surface area contributed by atoms with Crippen molar-refractivity contribution < 1.29 is 14.7 Å². The van der Waals surface area contributed by atoms with E-state index in [1.807, 2.05) is 0 Å². The Labute approximate surface area is 132 Å². The summed E-state index contributed by atoms with van der Waals surface area (Å²) in [5.74, 6) is -0.742. The van der Waals surface area contributed by atoms with Gasteiger partial charge in [-0.15, -0.1) is 0 Å². The van der Waals surface area contributed by atoms with Gasteiger partial charge >= 0.3 is 0 Å². The summed E-state index contributed by atoms with van der Waals surface area (Å²) >= 11 is 5.91. The van der Waals surface area contributed by atoms with Crippen LogP contribution in [0.1, 0.15) is 16.8 Å². The van der Waals surface area contributed by atoms with Gasteiger partial charge in [0.1, 0.15) is 0 Å². The number of benzene rings is 1. The van der Waals surface area contributed by atoms with Crippen molar-refractivity contribution in [2.45, 2.75) is 6.42 Å². The molecule has 3 N–H and O–H groups in total. The number of nitrogens with one attached hydrogen (secondary N) is 2. The number of carbonyl (C=O) groups is 2. The zero-order chi connectivity index (χ0) is 15.9. The fourth-order valence-corrected chi connectivity index (χ4v) is 1.94. The standard InChI is InChI=1S/C15H14ClN3O3/c16-11-5-2-1-4-10(11)15(22)18-9-7-13(21)19-14-12(20)6-3-8-17-14/h1-6,8,20H,7,9H2,(H,18,22)(H,17,19,21). The second-order valence-corrected chi connectivity index (χ2v) is 4.81. The zero-order valence-electron chi connectivity index (χ0n) is 11.5. The molecule has 1 heterocycles. The van der Waals surface area contributed by atoms with E-state index in [0.29, 0.717) is 10.6 Å². The Morgan fingerprint density at radius 3 is 2.68 bits per heavy atom. The largest absolute Gasteiger partial charge is 0.504 e. The predicted octanol–water partition coefficient (Wildman–Crippen LogP) is 2.20. The van der Waals surface area contributed by atoms with Crippen molar-refractivity contribution in [3.63, 3.8) is 0 Å². The van der Waals surface area contributed by atoms with E-state index in [1.165, 1.54) is 12.3 Å². The fourth-order valence-electron chi connectivity index (χ4n) is 1.72. The number of carbonyl (C=O) groups excluding carboxylic acids is 2. The SMILES string of the molecule is O=C(CCNC(=O)c1ccccc1Cl)Nc1ncccc1O. The molecule has 0 aliphatic rings. The van der Waals surface area contributed by atoms with Crippen LogP contribution in [0.4, 0.5) is 5.82 Å². The van der Waals surface area contributed by atoms with Crippen molar-refractivity contribution in [3.8, 4) is 5.75 Å². The van der Waals surface area contributed by atoms with Crippen molar-refractivity contribution in [3.05, 3.63) is 53.2 Å². The number of hydrogen-bond donors (Lipinski definition) is 3. The molecule has 2 aromatic rings. The molecule has 22 heavy (non-hydrogen) atoms. The zero-order valence-corrected chi connectivity index (χ0v) is 12.3. The minimum absolute atomic E-state index is 0.0478. The Hall–Kier alpha value is -2.60. The molecule has 0 saturated heterocycles. The maximum Gasteiger partial charge on any atom is 0.252 e. The number of anilines is 1. The molecule has 2 amide bonds. The third-order valence-electron chi connectivity index (χ3n) is 2.80. The van der Waals surface area contributed by atoms with Crippen molar-refractivity contribution in [2.24, 2.45) is 0 Å². The lowest BCUT2D eigenvalue weighted by Crippen LogP contribution is -2.28. The Kier molecular flexibility index (Phi) is 5.32. The third-order valence-corrected chi connectivity index (χ3v) is 3.13. The van der Waals surface area contributed by atoms with Gasteiger partial charge in [-0.3, -0.25) is 9.59 Å². The second kappa shape index (κ2) is 7.42. The van der Waals surface area contributed by atoms with E-state index in [4.69, 9.17) is 11.6 Å². The smallest absolute Gasteiger partial charge is 0.252 e. The van der Waals surface area contributed by atoms with Gasteiger partial charge in [0, 0.05) is 19.2 Å². The molecule has 1 aromatic heterocycles. The summed E-state index contributed by atoms with van der Waals surface area (Å²) in [7, 11) is 0. The average molecular weight is 320 g/mol. The lowest BCUT2D eigenvalue weighted by molar-refractivity contribution is -0.116. The van der Waals surface area contributed by atoms with Crippen molar-refractivity contribution >= 4 is 29.2 Å². The van der Waals surface area contributed by atoms with Crippen LogP contribution in [0.25, 0.3) is 0 Å². The van der Waals surface area contributed by atoms with Gasteiger partial charge in [-0.25, -0.2) is 4.98 Å². The van der Waals surface area contributed by atoms with Crippen LogP contribution in [-0.4, -0.2) is 28.4 Å². The topological polar surface area (TPSA) is 91.3 Å². The first kappa shape index (κ1) is 15.8. The first-order chi connectivity index (χ1) is 10.6. The van der Waals surface area contributed by atoms with Gasteiger partial charge in [-0.1, -0.05) is 23.7 Å². The van der Waals surface area contributed by atoms with E-state index in [2.05, 4.69) is 15.6 Å². The van der Waals surface area contributed by atoms with Gasteiger partial charge in [0.05, 0.1) is 10.6 Å². The van der Waals surface area contributed by atoms with Gasteiger partial charge in [-0.2, -0.15) is 0 Å². The van der Waals surface area contributed by atoms with E-state index in [1.54, 1.807) is 30.3 Å². The van der Waals surface area contributed by atoms with Gasteiger partial charge < -0.3 is 15.7 Å². The monoisotopic (exact) mass is 319 g/mol. The molecule has 1 aromatic carbocycles. The molecular weight excluding hydrogens is 306 g/mol. The van der Waals surface area contributed by atoms with E-state index >= 15 is 0 Å². The Morgan fingerprint density at radius 2 is 1.95 bits per heavy atom. The van der Waals surface area contributed by atoms with Crippen LogP contribution >= 0.6 is 11.6 Å². The van der Waals surface area contributed by atoms with Gasteiger partial charge in [0.2, 0.25) is 5.91 Å². The van der Waals surface area contributed by atoms with Crippen LogP contribution in [-0.2, 0) is 4.79 Å². The van der Waals surface area contributed by atoms with Gasteiger partial charge in [-0.05, 0) is 24.3 Å². The predicted molar refractivity (Wildman–Crippen MR) is 82.9 cm³/mol. The maximum atomic E-state index is 11.9. The second-order valence-electron chi connectivity index (χ2n) is 4.41. The van der Waals surface area contributed by atoms with E-state index in [0.717, 1.165) is 0 Å². The molecule has 0 atom stereocenters. The third kappa shape index (κ3) is 4.20. The molecule has 0 saturated carbocycles. The first-order valence-electron chi connectivity index (χ1n) is 6.54. The fraction of sp³-hybridized carbons (Fsp3) is 0.133. The molecule has 2 rings (SSSR count). The molecule has 0 unspecified atom stereocenters. The average Bonchev–Trinajstić information content (AvgIpc) is 2.50. The van der Waals surface area contributed by atoms with Crippen LogP contribution in [0.2, 0.25) is 5.02 Å². The number of aromatic nitrogens is 1. The van der Waals surface area contributed by atoms with Crippen molar-refractivity contribution in [1.82, 2.24) is 10.3 Å². The number of rotatable bonds is 5. The van der Waals surface area contributed by atoms with Crippen LogP contribution in [0.15, 0.2) is 42.6 Å². The van der Waals surface area contributed by atoms with E-state index < -0.39 is 0 Å². The first-order valence-corrected chi connectivity index (χ1v) is 6.92. The Balaban J connectivity index is 1.81. The summed E-state index contributed by atoms with van der Waals surface area (Å²) in [5.41, 5.74) is 0.354. The summed E-state index contributed by atoms with van der Waals surface area (Å²) < 4.78 is 0. The highest BCUT2D eigenvalue weighted by Crippen LogP contribution is 2.18. The summed E-state index contributed by atoms with van der Waals surface area (Å²) in [6, 6.07) is 9.62. The van der Waals surface area contributed by atoms with Crippen LogP contribution in [0.5, 0.6) is 5.75 Å². The minimum atomic E-state index is -0.367. The molecule has 0 radical (unpaired) electrons. The van der Waals surface area contributed by atoms with Crippen molar-refractivity contribution in [1.29, 1.82) is 0 Å². The molecule has 0 bridgehead atoms. The number of hydrogen-bond acceptors (Lipinski definition) is 4. The normalized spacial score (nSPS) is 10.0. The number of aromatic hydroxyl groups is 1. The summed E-state index contributed by atoms with van der Waals surface area (Å²) in [5, 5.41) is 14.9. The van der Waals surface area contributed by atoms with Crippen LogP contribution in [0.3, 0.4) is 0 Å². The van der Waals surface area contributed by atoms with E-state index in [9.17, 15) is 14.7 Å². The molecular formula is C15H14ClN3O3. The van der Waals surface area contributed by atoms with Crippen molar-refractivity contribution in [2.75, 3.05) is 11.9 Å². The molecule has 0 aliphatic heterocycles. The van der Waals surface area contributed by atoms with Crippen LogP contribution < -0.4 is 10.6 Å². The molecule has 0 spiro atoms. The lowest BCUT2D eigenvalue weighted by Gasteiger charge is -2.08.